The molecule has 0 unspecified atom stereocenters. The van der Waals surface area contributed by atoms with E-state index in [1.165, 1.54) is 10.4 Å². The van der Waals surface area contributed by atoms with E-state index in [1.807, 2.05) is 0 Å². The van der Waals surface area contributed by atoms with Crippen molar-refractivity contribution in [1.82, 2.24) is 4.72 Å². The molecular weight excluding hydrogens is 280 g/mol. The maximum Gasteiger partial charge on any atom is 0.335 e. The number of nitrogens with one attached hydrogen (secondary N) is 1. The molecule has 0 spiro atoms. The summed E-state index contributed by atoms with van der Waals surface area (Å²) in [4.78, 5) is 11.0. The lowest BCUT2D eigenvalue weighted by molar-refractivity contribution is 0.0697. The third-order valence-electron chi connectivity index (χ3n) is 3.59. The Morgan fingerprint density at radius 2 is 2.10 bits per heavy atom. The number of hydrogen-bond donors (Lipinski definition) is 2. The fourth-order valence-corrected chi connectivity index (χ4v) is 4.01. The monoisotopic (exact) mass is 296 g/mol. The van der Waals surface area contributed by atoms with Crippen LogP contribution in [0.3, 0.4) is 0 Å². The number of carbonyl (C=O) groups is 1. The number of nitrogens with zero attached hydrogens (tertiary/aromatic N) is 1. The summed E-state index contributed by atoms with van der Waals surface area (Å²) in [5, 5.41) is 9.00. The fourth-order valence-electron chi connectivity index (χ4n) is 2.42. The first-order valence-electron chi connectivity index (χ1n) is 6.63. The average molecular weight is 296 g/mol. The van der Waals surface area contributed by atoms with Crippen LogP contribution in [0.1, 0.15) is 35.2 Å². The van der Waals surface area contributed by atoms with Crippen LogP contribution < -0.4 is 9.03 Å². The van der Waals surface area contributed by atoms with Crippen LogP contribution in [0.15, 0.2) is 18.2 Å². The molecule has 1 saturated carbocycles. The number of hydrogen-bond acceptors (Lipinski definition) is 3. The zero-order chi connectivity index (χ0) is 14.3. The third-order valence-corrected chi connectivity index (χ3v) is 5.18. The van der Waals surface area contributed by atoms with Crippen LogP contribution in [-0.2, 0) is 16.6 Å². The smallest absolute Gasteiger partial charge is 0.335 e. The minimum Gasteiger partial charge on any atom is -0.478 e. The number of aromatic carboxylic acids is 1. The minimum absolute atomic E-state index is 0.0590. The second kappa shape index (κ2) is 4.75. The van der Waals surface area contributed by atoms with Crippen molar-refractivity contribution in [2.45, 2.75) is 31.7 Å². The first-order valence-corrected chi connectivity index (χ1v) is 8.07. The Hall–Kier alpha value is -1.60. The Morgan fingerprint density at radius 3 is 2.75 bits per heavy atom. The molecule has 0 aromatic heterocycles. The molecule has 0 atom stereocenters. The molecule has 2 aliphatic rings. The van der Waals surface area contributed by atoms with Crippen molar-refractivity contribution in [3.8, 4) is 0 Å². The minimum atomic E-state index is -3.53. The van der Waals surface area contributed by atoms with Crippen LogP contribution in [0.2, 0.25) is 0 Å². The molecule has 108 valence electrons. The number of aryl methyl sites for hydroxylation is 1. The van der Waals surface area contributed by atoms with E-state index in [2.05, 4.69) is 4.72 Å². The molecule has 20 heavy (non-hydrogen) atoms. The molecule has 0 bridgehead atoms. The molecule has 3 rings (SSSR count). The van der Waals surface area contributed by atoms with E-state index in [0.717, 1.165) is 18.4 Å². The summed E-state index contributed by atoms with van der Waals surface area (Å²) in [5.41, 5.74) is 1.56. The molecular formula is C13H16N2O4S. The van der Waals surface area contributed by atoms with Gasteiger partial charge in [0.25, 0.3) is 0 Å². The van der Waals surface area contributed by atoms with Crippen molar-refractivity contribution in [2.75, 3.05) is 10.8 Å². The van der Waals surface area contributed by atoms with Gasteiger partial charge < -0.3 is 5.11 Å². The van der Waals surface area contributed by atoms with Gasteiger partial charge in [-0.2, -0.15) is 13.1 Å². The molecule has 0 amide bonds. The Morgan fingerprint density at radius 1 is 1.35 bits per heavy atom. The highest BCUT2D eigenvalue weighted by molar-refractivity contribution is 7.90. The van der Waals surface area contributed by atoms with E-state index in [9.17, 15) is 13.2 Å². The lowest BCUT2D eigenvalue weighted by Gasteiger charge is -2.30. The van der Waals surface area contributed by atoms with E-state index in [-0.39, 0.29) is 11.6 Å². The van der Waals surface area contributed by atoms with Gasteiger partial charge >= 0.3 is 16.2 Å². The van der Waals surface area contributed by atoms with Crippen molar-refractivity contribution >= 4 is 21.9 Å². The summed E-state index contributed by atoms with van der Waals surface area (Å²) < 4.78 is 28.6. The van der Waals surface area contributed by atoms with Gasteiger partial charge in [-0.25, -0.2) is 4.79 Å². The van der Waals surface area contributed by atoms with Crippen LogP contribution in [0.4, 0.5) is 5.69 Å². The molecule has 1 aromatic rings. The zero-order valence-corrected chi connectivity index (χ0v) is 11.7. The lowest BCUT2D eigenvalue weighted by Crippen LogP contribution is -2.44. The second-order valence-electron chi connectivity index (χ2n) is 5.22. The van der Waals surface area contributed by atoms with Gasteiger partial charge in [0.15, 0.2) is 0 Å². The number of carboxylic acids is 1. The maximum atomic E-state index is 12.3. The van der Waals surface area contributed by atoms with Gasteiger partial charge in [0, 0.05) is 12.6 Å². The van der Waals surface area contributed by atoms with Gasteiger partial charge in [-0.15, -0.1) is 0 Å². The van der Waals surface area contributed by atoms with E-state index in [1.54, 1.807) is 12.1 Å². The summed E-state index contributed by atoms with van der Waals surface area (Å²) in [7, 11) is -3.53. The van der Waals surface area contributed by atoms with Crippen molar-refractivity contribution in [2.24, 2.45) is 0 Å². The molecule has 7 heteroatoms. The Labute approximate surface area is 117 Å². The number of fused-ring (bicyclic) bond motifs is 1. The van der Waals surface area contributed by atoms with Gasteiger partial charge in [0.05, 0.1) is 11.3 Å². The quantitative estimate of drug-likeness (QED) is 0.872. The van der Waals surface area contributed by atoms with E-state index < -0.39 is 16.2 Å². The Balaban J connectivity index is 1.95. The average Bonchev–Trinajstić information content (AvgIpc) is 3.20. The molecule has 2 N–H and O–H groups in total. The fraction of sp³-hybridized carbons (Fsp3) is 0.462. The molecule has 0 saturated heterocycles. The number of carboxylic acid groups (broad SMARTS) is 1. The lowest BCUT2D eigenvalue weighted by atomic mass is 10.0. The molecule has 1 aliphatic carbocycles. The Kier molecular flexibility index (Phi) is 3.18. The summed E-state index contributed by atoms with van der Waals surface area (Å²) in [6, 6.07) is 4.66. The van der Waals surface area contributed by atoms with Crippen molar-refractivity contribution in [3.05, 3.63) is 29.3 Å². The largest absolute Gasteiger partial charge is 0.478 e. The standard InChI is InChI=1S/C13H16N2O4S/c16-13(17)10-3-6-12-9(8-10)2-1-7-15(12)20(18,19)14-11-4-5-11/h3,6,8,11,14H,1-2,4-5,7H2,(H,16,17). The summed E-state index contributed by atoms with van der Waals surface area (Å²) >= 11 is 0. The van der Waals surface area contributed by atoms with Crippen LogP contribution in [0.5, 0.6) is 0 Å². The van der Waals surface area contributed by atoms with Gasteiger partial charge in [-0.3, -0.25) is 4.31 Å². The summed E-state index contributed by atoms with van der Waals surface area (Å²) in [5.74, 6) is -0.996. The molecule has 1 aliphatic heterocycles. The van der Waals surface area contributed by atoms with Gasteiger partial charge in [0.2, 0.25) is 0 Å². The number of rotatable bonds is 4. The van der Waals surface area contributed by atoms with Gasteiger partial charge in [-0.05, 0) is 49.4 Å². The van der Waals surface area contributed by atoms with Gasteiger partial charge in [-0.1, -0.05) is 0 Å². The molecule has 1 fully saturated rings. The zero-order valence-electron chi connectivity index (χ0n) is 10.9. The third kappa shape index (κ3) is 2.51. The first-order chi connectivity index (χ1) is 9.47. The second-order valence-corrected chi connectivity index (χ2v) is 6.85. The molecule has 1 aromatic carbocycles. The number of anilines is 1. The van der Waals surface area contributed by atoms with Crippen LogP contribution in [0.25, 0.3) is 0 Å². The highest BCUT2D eigenvalue weighted by atomic mass is 32.2. The molecule has 1 heterocycles. The SMILES string of the molecule is O=C(O)c1ccc2c(c1)CCCN2S(=O)(=O)NC1CC1. The normalized spacial score (nSPS) is 18.7. The van der Waals surface area contributed by atoms with E-state index in [4.69, 9.17) is 5.11 Å². The van der Waals surface area contributed by atoms with Crippen LogP contribution in [0, 0.1) is 0 Å². The summed E-state index contributed by atoms with van der Waals surface area (Å²) in [6.45, 7) is 0.432. The topological polar surface area (TPSA) is 86.7 Å². The highest BCUT2D eigenvalue weighted by Gasteiger charge is 2.33. The van der Waals surface area contributed by atoms with Crippen molar-refractivity contribution in [1.29, 1.82) is 0 Å². The summed E-state index contributed by atoms with van der Waals surface area (Å²) in [6.07, 6.45) is 3.17. The first kappa shape index (κ1) is 13.4. The van der Waals surface area contributed by atoms with Crippen molar-refractivity contribution in [3.63, 3.8) is 0 Å². The van der Waals surface area contributed by atoms with Crippen molar-refractivity contribution < 1.29 is 18.3 Å². The van der Waals surface area contributed by atoms with E-state index in [0.29, 0.717) is 25.1 Å². The molecule has 6 nitrogen and oxygen atoms in total. The maximum absolute atomic E-state index is 12.3. The van der Waals surface area contributed by atoms with Crippen LogP contribution >= 0.6 is 0 Å². The van der Waals surface area contributed by atoms with E-state index >= 15 is 0 Å². The highest BCUT2D eigenvalue weighted by Crippen LogP contribution is 2.31. The Bertz CT molecular complexity index is 652. The predicted octanol–water partition coefficient (Wildman–Crippen LogP) is 1.13. The molecule has 0 radical (unpaired) electrons. The van der Waals surface area contributed by atoms with Gasteiger partial charge in [0.1, 0.15) is 0 Å². The number of benzene rings is 1. The van der Waals surface area contributed by atoms with Crippen LogP contribution in [-0.4, -0.2) is 32.1 Å². The predicted molar refractivity (Wildman–Crippen MR) is 74.1 cm³/mol.